The van der Waals surface area contributed by atoms with Crippen LogP contribution in [0.1, 0.15) is 12.0 Å². The molecule has 0 spiro atoms. The van der Waals surface area contributed by atoms with Crippen LogP contribution >= 0.6 is 0 Å². The van der Waals surface area contributed by atoms with Gasteiger partial charge in [-0.15, -0.1) is 0 Å². The van der Waals surface area contributed by atoms with E-state index in [0.717, 1.165) is 32.6 Å². The van der Waals surface area contributed by atoms with E-state index in [1.165, 1.54) is 6.07 Å². The first-order valence-electron chi connectivity index (χ1n) is 6.63. The Morgan fingerprint density at radius 3 is 3.11 bits per heavy atom. The van der Waals surface area contributed by atoms with Crippen LogP contribution in [0, 0.1) is 5.82 Å². The normalized spacial score (nSPS) is 28.3. The second-order valence-electron chi connectivity index (χ2n) is 5.11. The minimum Gasteiger partial charge on any atom is -0.372 e. The molecule has 1 aromatic rings. The summed E-state index contributed by atoms with van der Waals surface area (Å²) in [5, 5.41) is 3.40. The molecule has 4 heteroatoms. The van der Waals surface area contributed by atoms with E-state index in [-0.39, 0.29) is 11.9 Å². The van der Waals surface area contributed by atoms with Gasteiger partial charge in [-0.3, -0.25) is 4.90 Å². The SMILES string of the molecule is Fc1ccccc1COC1CC2CNCCN2C1. The van der Waals surface area contributed by atoms with Crippen LogP contribution in [-0.4, -0.2) is 43.2 Å². The lowest BCUT2D eigenvalue weighted by molar-refractivity contribution is 0.0453. The summed E-state index contributed by atoms with van der Waals surface area (Å²) in [6, 6.07) is 7.44. The van der Waals surface area contributed by atoms with Gasteiger partial charge in [-0.25, -0.2) is 4.39 Å². The van der Waals surface area contributed by atoms with E-state index < -0.39 is 0 Å². The van der Waals surface area contributed by atoms with Crippen molar-refractivity contribution in [2.45, 2.75) is 25.2 Å². The molecule has 98 valence electrons. The lowest BCUT2D eigenvalue weighted by Crippen LogP contribution is -2.47. The predicted molar refractivity (Wildman–Crippen MR) is 67.8 cm³/mol. The number of ether oxygens (including phenoxy) is 1. The van der Waals surface area contributed by atoms with Crippen molar-refractivity contribution in [3.63, 3.8) is 0 Å². The van der Waals surface area contributed by atoms with Crippen molar-refractivity contribution in [3.05, 3.63) is 35.6 Å². The first-order chi connectivity index (χ1) is 8.83. The van der Waals surface area contributed by atoms with E-state index in [1.54, 1.807) is 12.1 Å². The number of nitrogens with zero attached hydrogens (tertiary/aromatic N) is 1. The predicted octanol–water partition coefficient (Wildman–Crippen LogP) is 1.39. The number of halogens is 1. The summed E-state index contributed by atoms with van der Waals surface area (Å²) in [5.41, 5.74) is 0.653. The fraction of sp³-hybridized carbons (Fsp3) is 0.571. The molecule has 2 aliphatic heterocycles. The Bertz CT molecular complexity index is 399. The van der Waals surface area contributed by atoms with E-state index in [2.05, 4.69) is 10.2 Å². The number of piperazine rings is 1. The van der Waals surface area contributed by atoms with E-state index in [1.807, 2.05) is 6.07 Å². The minimum absolute atomic E-state index is 0.171. The van der Waals surface area contributed by atoms with Gasteiger partial charge >= 0.3 is 0 Å². The summed E-state index contributed by atoms with van der Waals surface area (Å²) >= 11 is 0. The topological polar surface area (TPSA) is 24.5 Å². The van der Waals surface area contributed by atoms with Gasteiger partial charge in [0.2, 0.25) is 0 Å². The van der Waals surface area contributed by atoms with E-state index >= 15 is 0 Å². The summed E-state index contributed by atoms with van der Waals surface area (Å²) in [7, 11) is 0. The molecule has 2 unspecified atom stereocenters. The zero-order valence-corrected chi connectivity index (χ0v) is 10.4. The highest BCUT2D eigenvalue weighted by Crippen LogP contribution is 2.22. The van der Waals surface area contributed by atoms with Crippen molar-refractivity contribution in [2.24, 2.45) is 0 Å². The third-order valence-corrected chi connectivity index (χ3v) is 3.88. The Balaban J connectivity index is 1.54. The molecule has 2 atom stereocenters. The lowest BCUT2D eigenvalue weighted by Gasteiger charge is -2.29. The number of rotatable bonds is 3. The van der Waals surface area contributed by atoms with Crippen LogP contribution in [0.5, 0.6) is 0 Å². The van der Waals surface area contributed by atoms with Gasteiger partial charge < -0.3 is 10.1 Å². The first-order valence-corrected chi connectivity index (χ1v) is 6.63. The Morgan fingerprint density at radius 2 is 2.28 bits per heavy atom. The maximum Gasteiger partial charge on any atom is 0.128 e. The Kier molecular flexibility index (Phi) is 3.59. The maximum absolute atomic E-state index is 13.5. The molecule has 18 heavy (non-hydrogen) atoms. The number of nitrogens with one attached hydrogen (secondary N) is 1. The number of benzene rings is 1. The van der Waals surface area contributed by atoms with Gasteiger partial charge in [0, 0.05) is 37.8 Å². The van der Waals surface area contributed by atoms with Gasteiger partial charge in [-0.1, -0.05) is 18.2 Å². The quantitative estimate of drug-likeness (QED) is 0.877. The van der Waals surface area contributed by atoms with Gasteiger partial charge in [0.15, 0.2) is 0 Å². The van der Waals surface area contributed by atoms with Crippen molar-refractivity contribution >= 4 is 0 Å². The minimum atomic E-state index is -0.171. The molecule has 2 heterocycles. The van der Waals surface area contributed by atoms with Crippen LogP contribution in [-0.2, 0) is 11.3 Å². The van der Waals surface area contributed by atoms with Gasteiger partial charge in [-0.05, 0) is 12.5 Å². The third-order valence-electron chi connectivity index (χ3n) is 3.88. The summed E-state index contributed by atoms with van der Waals surface area (Å²) in [4.78, 5) is 2.47. The fourth-order valence-electron chi connectivity index (χ4n) is 2.86. The average Bonchev–Trinajstić information content (AvgIpc) is 2.80. The van der Waals surface area contributed by atoms with E-state index in [9.17, 15) is 4.39 Å². The van der Waals surface area contributed by atoms with Crippen molar-refractivity contribution in [1.82, 2.24) is 10.2 Å². The lowest BCUT2D eigenvalue weighted by atomic mass is 10.1. The van der Waals surface area contributed by atoms with Crippen LogP contribution in [0.3, 0.4) is 0 Å². The number of hydrogen-bond donors (Lipinski definition) is 1. The summed E-state index contributed by atoms with van der Waals surface area (Å²) in [5.74, 6) is -0.171. The van der Waals surface area contributed by atoms with Crippen molar-refractivity contribution in [1.29, 1.82) is 0 Å². The zero-order chi connectivity index (χ0) is 12.4. The molecular formula is C14H19FN2O. The van der Waals surface area contributed by atoms with Crippen molar-refractivity contribution in [2.75, 3.05) is 26.2 Å². The molecule has 0 aliphatic carbocycles. The van der Waals surface area contributed by atoms with Gasteiger partial charge in [-0.2, -0.15) is 0 Å². The van der Waals surface area contributed by atoms with Crippen LogP contribution in [0.25, 0.3) is 0 Å². The largest absolute Gasteiger partial charge is 0.372 e. The molecule has 2 fully saturated rings. The summed E-state index contributed by atoms with van der Waals surface area (Å²) in [6.45, 7) is 4.59. The molecule has 0 amide bonds. The third kappa shape index (κ3) is 2.55. The van der Waals surface area contributed by atoms with Gasteiger partial charge in [0.1, 0.15) is 5.82 Å². The molecule has 2 aliphatic rings. The van der Waals surface area contributed by atoms with Crippen LogP contribution in [0.15, 0.2) is 24.3 Å². The molecule has 3 nitrogen and oxygen atoms in total. The molecule has 1 aromatic carbocycles. The Hall–Kier alpha value is -0.970. The molecular weight excluding hydrogens is 231 g/mol. The first kappa shape index (κ1) is 12.1. The highest BCUT2D eigenvalue weighted by Gasteiger charge is 2.33. The number of hydrogen-bond acceptors (Lipinski definition) is 3. The average molecular weight is 250 g/mol. The van der Waals surface area contributed by atoms with Gasteiger partial charge in [0.25, 0.3) is 0 Å². The van der Waals surface area contributed by atoms with Crippen LogP contribution in [0.4, 0.5) is 4.39 Å². The second-order valence-corrected chi connectivity index (χ2v) is 5.11. The van der Waals surface area contributed by atoms with Crippen molar-refractivity contribution in [3.8, 4) is 0 Å². The Labute approximate surface area is 107 Å². The maximum atomic E-state index is 13.5. The summed E-state index contributed by atoms with van der Waals surface area (Å²) < 4.78 is 19.3. The summed E-state index contributed by atoms with van der Waals surface area (Å²) in [6.07, 6.45) is 1.30. The van der Waals surface area contributed by atoms with E-state index in [4.69, 9.17) is 4.74 Å². The molecule has 1 N–H and O–H groups in total. The van der Waals surface area contributed by atoms with Crippen molar-refractivity contribution < 1.29 is 9.13 Å². The molecule has 0 bridgehead atoms. The Morgan fingerprint density at radius 1 is 1.39 bits per heavy atom. The second kappa shape index (κ2) is 5.34. The van der Waals surface area contributed by atoms with Gasteiger partial charge in [0.05, 0.1) is 12.7 Å². The van der Waals surface area contributed by atoms with Crippen LogP contribution < -0.4 is 5.32 Å². The molecule has 3 rings (SSSR count). The zero-order valence-electron chi connectivity index (χ0n) is 10.4. The molecule has 0 aromatic heterocycles. The van der Waals surface area contributed by atoms with E-state index in [0.29, 0.717) is 18.2 Å². The molecule has 0 radical (unpaired) electrons. The highest BCUT2D eigenvalue weighted by molar-refractivity contribution is 5.16. The van der Waals surface area contributed by atoms with Crippen LogP contribution in [0.2, 0.25) is 0 Å². The standard InChI is InChI=1S/C14H19FN2O/c15-14-4-2-1-3-11(14)10-18-13-7-12-8-16-5-6-17(12)9-13/h1-4,12-13,16H,5-10H2. The monoisotopic (exact) mass is 250 g/mol. The molecule has 0 saturated carbocycles. The highest BCUT2D eigenvalue weighted by atomic mass is 19.1. The molecule has 2 saturated heterocycles. The smallest absolute Gasteiger partial charge is 0.128 e. The fourth-order valence-corrected chi connectivity index (χ4v) is 2.86. The number of fused-ring (bicyclic) bond motifs is 1.